The lowest BCUT2D eigenvalue weighted by atomic mass is 9.91. The fraction of sp³-hybridized carbons (Fsp3) is 0.900. The molecule has 5 nitrogen and oxygen atoms in total. The summed E-state index contributed by atoms with van der Waals surface area (Å²) in [5, 5.41) is 0. The maximum atomic E-state index is 11.0. The van der Waals surface area contributed by atoms with E-state index in [1.54, 1.807) is 0 Å². The van der Waals surface area contributed by atoms with Gasteiger partial charge in [0.1, 0.15) is 0 Å². The summed E-state index contributed by atoms with van der Waals surface area (Å²) in [5.41, 5.74) is -0.0347. The van der Waals surface area contributed by atoms with E-state index in [1.165, 1.54) is 7.11 Å². The predicted molar refractivity (Wildman–Crippen MR) is 49.9 cm³/mol. The highest BCUT2D eigenvalue weighted by atomic mass is 16.9. The Labute approximate surface area is 88.6 Å². The number of hydrogen-bond acceptors (Lipinski definition) is 5. The van der Waals surface area contributed by atoms with E-state index in [-0.39, 0.29) is 17.8 Å². The van der Waals surface area contributed by atoms with Crippen molar-refractivity contribution in [3.05, 3.63) is 0 Å². The molecule has 3 saturated heterocycles. The third-order valence-electron chi connectivity index (χ3n) is 2.78. The molecule has 0 aromatic rings. The maximum Gasteiger partial charge on any atom is 0.305 e. The molecule has 0 aliphatic carbocycles. The van der Waals surface area contributed by atoms with Gasteiger partial charge in [0, 0.05) is 11.8 Å². The van der Waals surface area contributed by atoms with Crippen molar-refractivity contribution in [3.8, 4) is 0 Å². The van der Waals surface area contributed by atoms with E-state index in [2.05, 4.69) is 11.7 Å². The molecular formula is C10H16O5. The molecule has 2 bridgehead atoms. The molecule has 0 unspecified atom stereocenters. The Bertz CT molecular complexity index is 238. The lowest BCUT2D eigenvalue weighted by Crippen LogP contribution is -2.58. The summed E-state index contributed by atoms with van der Waals surface area (Å²) in [5.74, 6) is -1.29. The molecule has 0 radical (unpaired) electrons. The summed E-state index contributed by atoms with van der Waals surface area (Å²) in [6, 6.07) is 0. The zero-order valence-corrected chi connectivity index (χ0v) is 9.08. The standard InChI is InChI=1S/C10H16O5/c1-9-5-13-10(14-6-9,15-7-9)4-3-8(11)12-2/h3-7H2,1-2H3. The second kappa shape index (κ2) is 3.73. The molecule has 0 N–H and O–H groups in total. The summed E-state index contributed by atoms with van der Waals surface area (Å²) in [6.45, 7) is 3.91. The van der Waals surface area contributed by atoms with Crippen molar-refractivity contribution in [2.75, 3.05) is 26.9 Å². The average molecular weight is 216 g/mol. The number of esters is 1. The van der Waals surface area contributed by atoms with Gasteiger partial charge in [-0.25, -0.2) is 0 Å². The van der Waals surface area contributed by atoms with Crippen LogP contribution >= 0.6 is 0 Å². The first-order chi connectivity index (χ1) is 7.08. The van der Waals surface area contributed by atoms with Gasteiger partial charge in [0.2, 0.25) is 0 Å². The fourth-order valence-electron chi connectivity index (χ4n) is 1.68. The molecule has 0 saturated carbocycles. The molecule has 3 rings (SSSR count). The van der Waals surface area contributed by atoms with Gasteiger partial charge in [0.25, 0.3) is 5.97 Å². The molecule has 0 amide bonds. The first kappa shape index (κ1) is 10.9. The van der Waals surface area contributed by atoms with Crippen LogP contribution in [0.4, 0.5) is 0 Å². The predicted octanol–water partition coefficient (Wildman–Crippen LogP) is 0.677. The Kier molecular flexibility index (Phi) is 2.70. The molecular weight excluding hydrogens is 200 g/mol. The molecule has 3 heterocycles. The minimum absolute atomic E-state index is 0.0347. The van der Waals surface area contributed by atoms with Crippen molar-refractivity contribution >= 4 is 5.97 Å². The summed E-state index contributed by atoms with van der Waals surface area (Å²) >= 11 is 0. The van der Waals surface area contributed by atoms with Crippen LogP contribution in [0.1, 0.15) is 19.8 Å². The van der Waals surface area contributed by atoms with Gasteiger partial charge in [-0.1, -0.05) is 6.92 Å². The van der Waals surface area contributed by atoms with Gasteiger partial charge in [-0.15, -0.1) is 0 Å². The highest BCUT2D eigenvalue weighted by molar-refractivity contribution is 5.69. The Morgan fingerprint density at radius 1 is 1.27 bits per heavy atom. The van der Waals surface area contributed by atoms with Gasteiger partial charge in [0.05, 0.1) is 33.4 Å². The zero-order valence-electron chi connectivity index (χ0n) is 9.08. The van der Waals surface area contributed by atoms with Gasteiger partial charge in [-0.05, 0) is 0 Å². The van der Waals surface area contributed by atoms with Gasteiger partial charge in [-0.2, -0.15) is 0 Å². The summed E-state index contributed by atoms with van der Waals surface area (Å²) < 4.78 is 21.1. The Morgan fingerprint density at radius 3 is 2.27 bits per heavy atom. The van der Waals surface area contributed by atoms with Crippen LogP contribution in [0.15, 0.2) is 0 Å². The first-order valence-corrected chi connectivity index (χ1v) is 5.06. The normalized spacial score (nSPS) is 39.1. The van der Waals surface area contributed by atoms with Crippen LogP contribution in [0.5, 0.6) is 0 Å². The molecule has 3 aliphatic rings. The number of ether oxygens (including phenoxy) is 4. The van der Waals surface area contributed by atoms with Crippen LogP contribution in [0.25, 0.3) is 0 Å². The van der Waals surface area contributed by atoms with Crippen molar-refractivity contribution < 1.29 is 23.7 Å². The van der Waals surface area contributed by atoms with Crippen LogP contribution < -0.4 is 0 Å². The third-order valence-corrected chi connectivity index (χ3v) is 2.78. The lowest BCUT2D eigenvalue weighted by molar-refractivity contribution is -0.467. The Balaban J connectivity index is 1.89. The summed E-state index contributed by atoms with van der Waals surface area (Å²) in [7, 11) is 1.36. The average Bonchev–Trinajstić information content (AvgIpc) is 2.28. The van der Waals surface area contributed by atoms with Gasteiger partial charge in [0.15, 0.2) is 0 Å². The van der Waals surface area contributed by atoms with E-state index in [4.69, 9.17) is 14.2 Å². The van der Waals surface area contributed by atoms with Crippen LogP contribution in [0.3, 0.4) is 0 Å². The molecule has 0 atom stereocenters. The van der Waals surface area contributed by atoms with E-state index in [9.17, 15) is 4.79 Å². The van der Waals surface area contributed by atoms with E-state index in [1.807, 2.05) is 0 Å². The van der Waals surface area contributed by atoms with Crippen molar-refractivity contribution in [2.45, 2.75) is 25.7 Å². The smallest absolute Gasteiger partial charge is 0.305 e. The number of fused-ring (bicyclic) bond motifs is 3. The second-order valence-corrected chi connectivity index (χ2v) is 4.44. The minimum atomic E-state index is -1.01. The first-order valence-electron chi connectivity index (χ1n) is 5.06. The van der Waals surface area contributed by atoms with Crippen molar-refractivity contribution in [2.24, 2.45) is 5.41 Å². The Morgan fingerprint density at radius 2 is 1.80 bits per heavy atom. The molecule has 5 heteroatoms. The van der Waals surface area contributed by atoms with Crippen LogP contribution in [0.2, 0.25) is 0 Å². The highest BCUT2D eigenvalue weighted by Crippen LogP contribution is 2.40. The summed E-state index contributed by atoms with van der Waals surface area (Å²) in [6.07, 6.45) is 0.628. The van der Waals surface area contributed by atoms with Crippen molar-refractivity contribution in [3.63, 3.8) is 0 Å². The Hall–Kier alpha value is -0.650. The topological polar surface area (TPSA) is 54.0 Å². The SMILES string of the molecule is COC(=O)CCC12OCC(C)(CO1)CO2. The number of carbonyl (C=O) groups excluding carboxylic acids is 1. The number of methoxy groups -OCH3 is 1. The van der Waals surface area contributed by atoms with Crippen LogP contribution in [-0.2, 0) is 23.7 Å². The largest absolute Gasteiger partial charge is 0.469 e. The lowest BCUT2D eigenvalue weighted by Gasteiger charge is -2.50. The molecule has 0 spiro atoms. The van der Waals surface area contributed by atoms with E-state index >= 15 is 0 Å². The quantitative estimate of drug-likeness (QED) is 0.649. The zero-order chi connectivity index (χ0) is 10.9. The van der Waals surface area contributed by atoms with E-state index < -0.39 is 5.97 Å². The number of hydrogen-bond donors (Lipinski definition) is 0. The maximum absolute atomic E-state index is 11.0. The second-order valence-electron chi connectivity index (χ2n) is 4.44. The fourth-order valence-corrected chi connectivity index (χ4v) is 1.68. The molecule has 0 aromatic carbocycles. The monoisotopic (exact) mass is 216 g/mol. The molecule has 3 aliphatic heterocycles. The van der Waals surface area contributed by atoms with Gasteiger partial charge in [-0.3, -0.25) is 4.79 Å². The van der Waals surface area contributed by atoms with Crippen molar-refractivity contribution in [1.82, 2.24) is 0 Å². The van der Waals surface area contributed by atoms with Crippen LogP contribution in [0, 0.1) is 5.41 Å². The summed E-state index contributed by atoms with van der Waals surface area (Å²) in [4.78, 5) is 11.0. The molecule has 86 valence electrons. The van der Waals surface area contributed by atoms with Gasteiger partial charge >= 0.3 is 5.97 Å². The van der Waals surface area contributed by atoms with E-state index in [0.29, 0.717) is 26.2 Å². The van der Waals surface area contributed by atoms with Gasteiger partial charge < -0.3 is 18.9 Å². The molecule has 0 aromatic heterocycles. The molecule has 3 fully saturated rings. The number of carbonyl (C=O) groups is 1. The van der Waals surface area contributed by atoms with E-state index in [0.717, 1.165) is 0 Å². The molecule has 15 heavy (non-hydrogen) atoms. The van der Waals surface area contributed by atoms with Crippen LogP contribution in [-0.4, -0.2) is 38.9 Å². The third kappa shape index (κ3) is 2.14. The number of rotatable bonds is 3. The van der Waals surface area contributed by atoms with Crippen molar-refractivity contribution in [1.29, 1.82) is 0 Å². The minimum Gasteiger partial charge on any atom is -0.469 e. The highest BCUT2D eigenvalue weighted by Gasteiger charge is 2.50.